The van der Waals surface area contributed by atoms with Gasteiger partial charge in [-0.05, 0) is 5.56 Å². The van der Waals surface area contributed by atoms with Gasteiger partial charge in [0.15, 0.2) is 0 Å². The van der Waals surface area contributed by atoms with E-state index in [0.29, 0.717) is 12.1 Å². The van der Waals surface area contributed by atoms with Gasteiger partial charge in [-0.1, -0.05) is 30.3 Å². The maximum absolute atomic E-state index is 11.6. The molecule has 1 N–H and O–H groups in total. The first kappa shape index (κ1) is 10.3. The van der Waals surface area contributed by atoms with Crippen LogP contribution in [0.2, 0.25) is 0 Å². The van der Waals surface area contributed by atoms with Gasteiger partial charge in [0.1, 0.15) is 6.33 Å². The molecule has 4 heteroatoms. The van der Waals surface area contributed by atoms with Crippen molar-refractivity contribution >= 4 is 5.91 Å². The highest BCUT2D eigenvalue weighted by Gasteiger charge is 2.04. The Kier molecular flexibility index (Phi) is 3.23. The van der Waals surface area contributed by atoms with Gasteiger partial charge in [0, 0.05) is 18.9 Å². The van der Waals surface area contributed by atoms with E-state index in [9.17, 15) is 4.79 Å². The summed E-state index contributed by atoms with van der Waals surface area (Å²) in [5.74, 6) is -0.163. The molecule has 1 heterocycles. The summed E-state index contributed by atoms with van der Waals surface area (Å²) in [6.07, 6.45) is 4.38. The minimum absolute atomic E-state index is 0.163. The zero-order valence-corrected chi connectivity index (χ0v) is 8.63. The molecule has 0 radical (unpaired) electrons. The van der Waals surface area contributed by atoms with Crippen LogP contribution >= 0.6 is 0 Å². The van der Waals surface area contributed by atoms with Gasteiger partial charge in [-0.25, -0.2) is 9.97 Å². The van der Waals surface area contributed by atoms with Crippen molar-refractivity contribution in [3.63, 3.8) is 0 Å². The summed E-state index contributed by atoms with van der Waals surface area (Å²) >= 11 is 0. The largest absolute Gasteiger partial charge is 0.348 e. The number of benzene rings is 1. The van der Waals surface area contributed by atoms with E-state index in [2.05, 4.69) is 15.3 Å². The fourth-order valence-corrected chi connectivity index (χ4v) is 1.30. The van der Waals surface area contributed by atoms with Crippen LogP contribution in [0.1, 0.15) is 15.9 Å². The molecule has 0 unspecified atom stereocenters. The Morgan fingerprint density at radius 3 is 2.50 bits per heavy atom. The molecule has 0 bridgehead atoms. The number of carbonyl (C=O) groups excluding carboxylic acids is 1. The molecule has 0 aliphatic heterocycles. The van der Waals surface area contributed by atoms with Crippen LogP contribution in [0.15, 0.2) is 49.1 Å². The molecule has 1 aromatic carbocycles. The number of aromatic nitrogens is 2. The lowest BCUT2D eigenvalue weighted by Gasteiger charge is -2.04. The fraction of sp³-hybridized carbons (Fsp3) is 0.0833. The molecule has 0 saturated heterocycles. The monoisotopic (exact) mass is 213 g/mol. The predicted molar refractivity (Wildman–Crippen MR) is 59.6 cm³/mol. The molecule has 0 spiro atoms. The van der Waals surface area contributed by atoms with E-state index in [1.54, 1.807) is 0 Å². The van der Waals surface area contributed by atoms with Crippen LogP contribution in [0, 0.1) is 0 Å². The highest BCUT2D eigenvalue weighted by Crippen LogP contribution is 1.99. The van der Waals surface area contributed by atoms with Gasteiger partial charge in [0.2, 0.25) is 0 Å². The van der Waals surface area contributed by atoms with E-state index in [0.717, 1.165) is 5.56 Å². The third-order valence-corrected chi connectivity index (χ3v) is 2.12. The first-order valence-corrected chi connectivity index (χ1v) is 4.93. The van der Waals surface area contributed by atoms with Gasteiger partial charge >= 0.3 is 0 Å². The molecule has 1 aromatic heterocycles. The van der Waals surface area contributed by atoms with E-state index in [4.69, 9.17) is 0 Å². The Morgan fingerprint density at radius 1 is 1.12 bits per heavy atom. The Hall–Kier alpha value is -2.23. The maximum Gasteiger partial charge on any atom is 0.254 e. The molecule has 0 atom stereocenters. The lowest BCUT2D eigenvalue weighted by Crippen LogP contribution is -2.22. The highest BCUT2D eigenvalue weighted by atomic mass is 16.1. The highest BCUT2D eigenvalue weighted by molar-refractivity contribution is 5.93. The summed E-state index contributed by atoms with van der Waals surface area (Å²) < 4.78 is 0. The molecular formula is C12H11N3O. The zero-order chi connectivity index (χ0) is 11.2. The van der Waals surface area contributed by atoms with Crippen LogP contribution in [0.4, 0.5) is 0 Å². The Labute approximate surface area is 93.4 Å². The van der Waals surface area contributed by atoms with Crippen LogP contribution in [0.25, 0.3) is 0 Å². The maximum atomic E-state index is 11.6. The topological polar surface area (TPSA) is 54.9 Å². The number of hydrogen-bond acceptors (Lipinski definition) is 3. The van der Waals surface area contributed by atoms with Crippen molar-refractivity contribution in [1.82, 2.24) is 15.3 Å². The summed E-state index contributed by atoms with van der Waals surface area (Å²) in [6, 6.07) is 9.74. The third-order valence-electron chi connectivity index (χ3n) is 2.12. The Morgan fingerprint density at radius 2 is 1.81 bits per heavy atom. The average molecular weight is 213 g/mol. The predicted octanol–water partition coefficient (Wildman–Crippen LogP) is 1.41. The van der Waals surface area contributed by atoms with Crippen LogP contribution < -0.4 is 5.32 Å². The fourth-order valence-electron chi connectivity index (χ4n) is 1.30. The second-order valence-corrected chi connectivity index (χ2v) is 3.30. The van der Waals surface area contributed by atoms with Crippen molar-refractivity contribution in [3.05, 3.63) is 60.2 Å². The van der Waals surface area contributed by atoms with E-state index < -0.39 is 0 Å². The summed E-state index contributed by atoms with van der Waals surface area (Å²) in [4.78, 5) is 19.2. The quantitative estimate of drug-likeness (QED) is 0.838. The molecule has 0 aliphatic rings. The normalized spacial score (nSPS) is 9.75. The number of rotatable bonds is 3. The molecular weight excluding hydrogens is 202 g/mol. The first-order valence-electron chi connectivity index (χ1n) is 4.93. The zero-order valence-electron chi connectivity index (χ0n) is 8.63. The van der Waals surface area contributed by atoms with Crippen LogP contribution in [-0.2, 0) is 6.54 Å². The number of amides is 1. The van der Waals surface area contributed by atoms with Crippen LogP contribution in [0.5, 0.6) is 0 Å². The molecule has 16 heavy (non-hydrogen) atoms. The Balaban J connectivity index is 1.95. The smallest absolute Gasteiger partial charge is 0.254 e. The lowest BCUT2D eigenvalue weighted by molar-refractivity contribution is 0.0950. The van der Waals surface area contributed by atoms with E-state index in [1.807, 2.05) is 30.3 Å². The van der Waals surface area contributed by atoms with Crippen LogP contribution in [0.3, 0.4) is 0 Å². The number of nitrogens with one attached hydrogen (secondary N) is 1. The first-order chi connectivity index (χ1) is 7.86. The van der Waals surface area contributed by atoms with Gasteiger partial charge in [-0.3, -0.25) is 4.79 Å². The van der Waals surface area contributed by atoms with Crippen molar-refractivity contribution in [3.8, 4) is 0 Å². The third kappa shape index (κ3) is 2.63. The molecule has 0 saturated carbocycles. The molecule has 80 valence electrons. The number of nitrogens with zero attached hydrogens (tertiary/aromatic N) is 2. The van der Waals surface area contributed by atoms with E-state index >= 15 is 0 Å². The molecule has 0 aliphatic carbocycles. The van der Waals surface area contributed by atoms with Gasteiger partial charge in [0.25, 0.3) is 5.91 Å². The molecule has 2 rings (SSSR count). The van der Waals surface area contributed by atoms with Gasteiger partial charge < -0.3 is 5.32 Å². The van der Waals surface area contributed by atoms with Crippen LogP contribution in [-0.4, -0.2) is 15.9 Å². The summed E-state index contributed by atoms with van der Waals surface area (Å²) in [6.45, 7) is 0.508. The summed E-state index contributed by atoms with van der Waals surface area (Å²) in [5, 5.41) is 2.80. The minimum atomic E-state index is -0.163. The number of carbonyl (C=O) groups is 1. The Bertz CT molecular complexity index is 456. The summed E-state index contributed by atoms with van der Waals surface area (Å²) in [5.41, 5.74) is 1.53. The second-order valence-electron chi connectivity index (χ2n) is 3.30. The minimum Gasteiger partial charge on any atom is -0.348 e. The van der Waals surface area contributed by atoms with Crippen molar-refractivity contribution < 1.29 is 4.79 Å². The van der Waals surface area contributed by atoms with Crippen molar-refractivity contribution in [1.29, 1.82) is 0 Å². The standard InChI is InChI=1S/C12H11N3O/c16-12(11-7-13-9-14-8-11)15-6-10-4-2-1-3-5-10/h1-5,7-9H,6H2,(H,15,16). The van der Waals surface area contributed by atoms with Gasteiger partial charge in [-0.2, -0.15) is 0 Å². The summed E-state index contributed by atoms with van der Waals surface area (Å²) in [7, 11) is 0. The lowest BCUT2D eigenvalue weighted by atomic mass is 10.2. The SMILES string of the molecule is O=C(NCc1ccccc1)c1cncnc1. The molecule has 1 amide bonds. The molecule has 0 fully saturated rings. The van der Waals surface area contributed by atoms with Crippen molar-refractivity contribution in [2.45, 2.75) is 6.54 Å². The molecule has 2 aromatic rings. The average Bonchev–Trinajstić information content (AvgIpc) is 2.38. The van der Waals surface area contributed by atoms with Crippen molar-refractivity contribution in [2.24, 2.45) is 0 Å². The van der Waals surface area contributed by atoms with E-state index in [1.165, 1.54) is 18.7 Å². The number of hydrogen-bond donors (Lipinski definition) is 1. The molecule has 4 nitrogen and oxygen atoms in total. The van der Waals surface area contributed by atoms with Gasteiger partial charge in [-0.15, -0.1) is 0 Å². The second kappa shape index (κ2) is 5.02. The van der Waals surface area contributed by atoms with Crippen molar-refractivity contribution in [2.75, 3.05) is 0 Å². The van der Waals surface area contributed by atoms with Gasteiger partial charge in [0.05, 0.1) is 5.56 Å². The van der Waals surface area contributed by atoms with E-state index in [-0.39, 0.29) is 5.91 Å².